The van der Waals surface area contributed by atoms with Crippen LogP contribution < -0.4 is 10.6 Å². The summed E-state index contributed by atoms with van der Waals surface area (Å²) in [5.41, 5.74) is -0.00488. The van der Waals surface area contributed by atoms with Gasteiger partial charge in [0.25, 0.3) is 5.69 Å². The Morgan fingerprint density at radius 1 is 1.38 bits per heavy atom. The number of hydrogen-bond donors (Lipinski definition) is 3. The van der Waals surface area contributed by atoms with Gasteiger partial charge in [0, 0.05) is 32.3 Å². The van der Waals surface area contributed by atoms with Crippen LogP contribution in [0.25, 0.3) is 0 Å². The smallest absolute Gasteiger partial charge is 0.269 e. The van der Waals surface area contributed by atoms with E-state index in [0.29, 0.717) is 12.1 Å². The van der Waals surface area contributed by atoms with Crippen LogP contribution in [0.5, 0.6) is 0 Å². The summed E-state index contributed by atoms with van der Waals surface area (Å²) in [5, 5.41) is 26.2. The predicted molar refractivity (Wildman–Crippen MR) is 78.8 cm³/mol. The molecule has 0 saturated heterocycles. The molecule has 0 fully saturated rings. The van der Waals surface area contributed by atoms with E-state index in [0.717, 1.165) is 0 Å². The highest BCUT2D eigenvalue weighted by molar-refractivity contribution is 5.81. The Morgan fingerprint density at radius 2 is 1.95 bits per heavy atom. The van der Waals surface area contributed by atoms with Crippen molar-refractivity contribution in [1.29, 1.82) is 0 Å². The van der Waals surface area contributed by atoms with Crippen LogP contribution in [0.2, 0.25) is 0 Å². The minimum Gasteiger partial charge on any atom is -0.387 e. The summed E-state index contributed by atoms with van der Waals surface area (Å²) in [6, 6.07) is 5.75. The van der Waals surface area contributed by atoms with E-state index in [-0.39, 0.29) is 18.1 Å². The van der Waals surface area contributed by atoms with E-state index >= 15 is 0 Å². The number of carbonyl (C=O) groups excluding carboxylic acids is 1. The van der Waals surface area contributed by atoms with Gasteiger partial charge in [0.05, 0.1) is 16.4 Å². The largest absolute Gasteiger partial charge is 0.387 e. The molecule has 7 nitrogen and oxygen atoms in total. The Bertz CT molecular complexity index is 499. The lowest BCUT2D eigenvalue weighted by Crippen LogP contribution is -2.42. The third-order valence-electron chi connectivity index (χ3n) is 3.24. The molecule has 7 heteroatoms. The predicted octanol–water partition coefficient (Wildman–Crippen LogP) is 0.990. The van der Waals surface area contributed by atoms with Crippen LogP contribution in [-0.2, 0) is 4.79 Å². The van der Waals surface area contributed by atoms with E-state index in [1.54, 1.807) is 20.9 Å². The van der Waals surface area contributed by atoms with Crippen molar-refractivity contribution in [2.75, 3.05) is 20.1 Å². The van der Waals surface area contributed by atoms with Gasteiger partial charge < -0.3 is 15.7 Å². The molecule has 0 radical (unpaired) electrons. The molecule has 0 saturated carbocycles. The van der Waals surface area contributed by atoms with Crippen molar-refractivity contribution in [2.45, 2.75) is 20.0 Å². The molecule has 21 heavy (non-hydrogen) atoms. The van der Waals surface area contributed by atoms with E-state index in [2.05, 4.69) is 10.6 Å². The highest BCUT2D eigenvalue weighted by Crippen LogP contribution is 2.18. The first kappa shape index (κ1) is 17.1. The average molecular weight is 295 g/mol. The van der Waals surface area contributed by atoms with Gasteiger partial charge >= 0.3 is 0 Å². The lowest BCUT2D eigenvalue weighted by atomic mass is 9.92. The van der Waals surface area contributed by atoms with Crippen LogP contribution >= 0.6 is 0 Å². The van der Waals surface area contributed by atoms with Crippen molar-refractivity contribution >= 4 is 11.6 Å². The van der Waals surface area contributed by atoms with Gasteiger partial charge in [0.1, 0.15) is 0 Å². The Balaban J connectivity index is 2.52. The van der Waals surface area contributed by atoms with Crippen LogP contribution in [0, 0.1) is 15.5 Å². The summed E-state index contributed by atoms with van der Waals surface area (Å²) >= 11 is 0. The molecule has 0 heterocycles. The van der Waals surface area contributed by atoms with Crippen LogP contribution in [0.1, 0.15) is 25.5 Å². The first-order valence-corrected chi connectivity index (χ1v) is 6.63. The first-order chi connectivity index (χ1) is 9.77. The summed E-state index contributed by atoms with van der Waals surface area (Å²) in [6.45, 7) is 4.28. The molecular weight excluding hydrogens is 274 g/mol. The molecule has 0 aliphatic rings. The van der Waals surface area contributed by atoms with Crippen molar-refractivity contribution in [3.63, 3.8) is 0 Å². The second-order valence-electron chi connectivity index (χ2n) is 5.46. The van der Waals surface area contributed by atoms with E-state index in [4.69, 9.17) is 0 Å². The topological polar surface area (TPSA) is 104 Å². The Hall–Kier alpha value is -1.99. The average Bonchev–Trinajstić information content (AvgIpc) is 2.46. The number of hydrogen-bond acceptors (Lipinski definition) is 5. The molecule has 3 N–H and O–H groups in total. The maximum Gasteiger partial charge on any atom is 0.269 e. The summed E-state index contributed by atoms with van der Waals surface area (Å²) < 4.78 is 0. The Kier molecular flexibility index (Phi) is 5.80. The van der Waals surface area contributed by atoms with E-state index in [9.17, 15) is 20.0 Å². The normalized spacial score (nSPS) is 12.8. The number of aliphatic hydroxyl groups excluding tert-OH is 1. The number of amides is 1. The molecule has 0 aromatic heterocycles. The van der Waals surface area contributed by atoms with Crippen LogP contribution in [0.4, 0.5) is 5.69 Å². The number of aliphatic hydroxyl groups is 1. The van der Waals surface area contributed by atoms with Crippen LogP contribution in [-0.4, -0.2) is 36.1 Å². The van der Waals surface area contributed by atoms with Crippen molar-refractivity contribution in [3.8, 4) is 0 Å². The van der Waals surface area contributed by atoms with Gasteiger partial charge in [0.15, 0.2) is 0 Å². The fourth-order valence-electron chi connectivity index (χ4n) is 1.88. The molecule has 1 rings (SSSR count). The summed E-state index contributed by atoms with van der Waals surface area (Å²) in [7, 11) is 1.58. The molecule has 1 aromatic carbocycles. The summed E-state index contributed by atoms with van der Waals surface area (Å²) in [6.07, 6.45) is -0.786. The van der Waals surface area contributed by atoms with E-state index in [1.807, 2.05) is 0 Å². The standard InChI is InChI=1S/C14H21N3O4/c1-14(2,13(19)15-3)9-16-8-12(18)10-4-6-11(7-5-10)17(20)21/h4-7,12,16,18H,8-9H2,1-3H3,(H,15,19). The fourth-order valence-corrected chi connectivity index (χ4v) is 1.88. The van der Waals surface area contributed by atoms with Crippen molar-refractivity contribution in [2.24, 2.45) is 5.41 Å². The molecule has 0 aliphatic heterocycles. The monoisotopic (exact) mass is 295 g/mol. The molecule has 0 bridgehead atoms. The molecule has 0 aliphatic carbocycles. The Morgan fingerprint density at radius 3 is 2.43 bits per heavy atom. The maximum atomic E-state index is 11.6. The number of nitro benzene ring substituents is 1. The first-order valence-electron chi connectivity index (χ1n) is 6.63. The zero-order valence-electron chi connectivity index (χ0n) is 12.4. The van der Waals surface area contributed by atoms with E-state index in [1.165, 1.54) is 24.3 Å². The third-order valence-corrected chi connectivity index (χ3v) is 3.24. The van der Waals surface area contributed by atoms with Gasteiger partial charge in [-0.25, -0.2) is 0 Å². The minimum absolute atomic E-state index is 0.0142. The van der Waals surface area contributed by atoms with E-state index < -0.39 is 16.4 Å². The van der Waals surface area contributed by atoms with Gasteiger partial charge in [-0.15, -0.1) is 0 Å². The zero-order chi connectivity index (χ0) is 16.0. The number of rotatable bonds is 7. The number of nitro groups is 1. The summed E-state index contributed by atoms with van der Waals surface area (Å²) in [5.74, 6) is -0.0835. The number of carbonyl (C=O) groups is 1. The molecule has 0 spiro atoms. The number of nitrogens with zero attached hydrogens (tertiary/aromatic N) is 1. The van der Waals surface area contributed by atoms with Gasteiger partial charge in [-0.3, -0.25) is 14.9 Å². The van der Waals surface area contributed by atoms with Crippen molar-refractivity contribution < 1.29 is 14.8 Å². The highest BCUT2D eigenvalue weighted by Gasteiger charge is 2.26. The molecule has 1 unspecified atom stereocenters. The van der Waals surface area contributed by atoms with Gasteiger partial charge in [-0.2, -0.15) is 0 Å². The molecule has 1 atom stereocenters. The maximum absolute atomic E-state index is 11.6. The van der Waals surface area contributed by atoms with Gasteiger partial charge in [-0.1, -0.05) is 0 Å². The number of nitrogens with one attached hydrogen (secondary N) is 2. The number of non-ortho nitro benzene ring substituents is 1. The fraction of sp³-hybridized carbons (Fsp3) is 0.500. The molecular formula is C14H21N3O4. The molecule has 1 amide bonds. The quantitative estimate of drug-likeness (QED) is 0.514. The van der Waals surface area contributed by atoms with Crippen LogP contribution in [0.15, 0.2) is 24.3 Å². The number of benzene rings is 1. The zero-order valence-corrected chi connectivity index (χ0v) is 12.4. The molecule has 116 valence electrons. The van der Waals surface area contributed by atoms with Crippen molar-refractivity contribution in [1.82, 2.24) is 10.6 Å². The Labute approximate surface area is 123 Å². The van der Waals surface area contributed by atoms with Gasteiger partial charge in [-0.05, 0) is 31.5 Å². The van der Waals surface area contributed by atoms with Crippen molar-refractivity contribution in [3.05, 3.63) is 39.9 Å². The SMILES string of the molecule is CNC(=O)C(C)(C)CNCC(O)c1ccc([N+](=O)[O-])cc1. The third kappa shape index (κ3) is 4.80. The van der Waals surface area contributed by atoms with Crippen LogP contribution in [0.3, 0.4) is 0 Å². The highest BCUT2D eigenvalue weighted by atomic mass is 16.6. The second kappa shape index (κ2) is 7.14. The lowest BCUT2D eigenvalue weighted by Gasteiger charge is -2.23. The summed E-state index contributed by atoms with van der Waals surface area (Å²) in [4.78, 5) is 21.7. The second-order valence-corrected chi connectivity index (χ2v) is 5.46. The van der Waals surface area contributed by atoms with Gasteiger partial charge in [0.2, 0.25) is 5.91 Å². The molecule has 1 aromatic rings. The lowest BCUT2D eigenvalue weighted by molar-refractivity contribution is -0.384. The minimum atomic E-state index is -0.786.